The van der Waals surface area contributed by atoms with Crippen LogP contribution in [-0.2, 0) is 14.8 Å². The summed E-state index contributed by atoms with van der Waals surface area (Å²) in [4.78, 5) is 12.7. The fourth-order valence-corrected chi connectivity index (χ4v) is 4.07. The van der Waals surface area contributed by atoms with E-state index >= 15 is 0 Å². The molecule has 0 fully saturated rings. The molecule has 0 heterocycles. The Balaban J connectivity index is 2.22. The molecule has 6 heteroatoms. The van der Waals surface area contributed by atoms with Crippen LogP contribution in [0, 0.1) is 34.6 Å². The Bertz CT molecular complexity index is 997. The van der Waals surface area contributed by atoms with Crippen molar-refractivity contribution in [3.63, 3.8) is 0 Å². The van der Waals surface area contributed by atoms with E-state index in [9.17, 15) is 13.2 Å². The van der Waals surface area contributed by atoms with E-state index in [1.165, 1.54) is 5.56 Å². The summed E-state index contributed by atoms with van der Waals surface area (Å²) < 4.78 is 25.8. The van der Waals surface area contributed by atoms with Gasteiger partial charge in [0.2, 0.25) is 15.9 Å². The molecule has 2 rings (SSSR count). The lowest BCUT2D eigenvalue weighted by atomic mass is 9.96. The van der Waals surface area contributed by atoms with Gasteiger partial charge in [-0.2, -0.15) is 0 Å². The summed E-state index contributed by atoms with van der Waals surface area (Å²) in [5, 5.41) is 2.94. The van der Waals surface area contributed by atoms with Gasteiger partial charge in [0.05, 0.1) is 18.0 Å². The van der Waals surface area contributed by atoms with Gasteiger partial charge in [-0.1, -0.05) is 18.2 Å². The van der Waals surface area contributed by atoms with E-state index in [1.54, 1.807) is 12.1 Å². The highest BCUT2D eigenvalue weighted by molar-refractivity contribution is 7.92. The van der Waals surface area contributed by atoms with Crippen LogP contribution in [0.25, 0.3) is 0 Å². The van der Waals surface area contributed by atoms with Crippen LogP contribution in [0.1, 0.15) is 46.3 Å². The Labute approximate surface area is 168 Å². The molecule has 152 valence electrons. The predicted octanol–water partition coefficient (Wildman–Crippen LogP) is 3.87. The monoisotopic (exact) mass is 402 g/mol. The summed E-state index contributed by atoms with van der Waals surface area (Å²) in [5.74, 6) is -0.339. The molecule has 1 N–H and O–H groups in total. The van der Waals surface area contributed by atoms with Gasteiger partial charge in [0, 0.05) is 0 Å². The molecule has 2 aromatic rings. The maximum absolute atomic E-state index is 12.7. The average molecular weight is 403 g/mol. The third-order valence-corrected chi connectivity index (χ3v) is 6.33. The van der Waals surface area contributed by atoms with Crippen LogP contribution >= 0.6 is 0 Å². The van der Waals surface area contributed by atoms with Crippen LogP contribution in [-0.4, -0.2) is 27.1 Å². The van der Waals surface area contributed by atoms with E-state index in [0.29, 0.717) is 5.69 Å². The van der Waals surface area contributed by atoms with Gasteiger partial charge in [-0.25, -0.2) is 8.42 Å². The Morgan fingerprint density at radius 2 is 1.50 bits per heavy atom. The molecular formula is C22H30N2O3S. The molecule has 0 saturated carbocycles. The minimum atomic E-state index is -3.59. The van der Waals surface area contributed by atoms with Crippen LogP contribution in [0.5, 0.6) is 0 Å². The number of rotatable bonds is 6. The van der Waals surface area contributed by atoms with Crippen molar-refractivity contribution in [2.24, 2.45) is 0 Å². The number of sulfonamides is 1. The van der Waals surface area contributed by atoms with Gasteiger partial charge in [-0.3, -0.25) is 9.10 Å². The lowest BCUT2D eigenvalue weighted by molar-refractivity contribution is -0.120. The molecule has 0 radical (unpaired) electrons. The summed E-state index contributed by atoms with van der Waals surface area (Å²) in [6.07, 6.45) is 1.12. The summed E-state index contributed by atoms with van der Waals surface area (Å²) in [7, 11) is -3.59. The SMILES string of the molecule is Cc1ccc(N(CC(=O)N[C@@H](C)c2cc(C)c(C)cc2C)S(C)(=O)=O)cc1C. The number of carbonyl (C=O) groups is 1. The first-order valence-electron chi connectivity index (χ1n) is 9.32. The molecule has 28 heavy (non-hydrogen) atoms. The van der Waals surface area contributed by atoms with Crippen molar-refractivity contribution in [3.05, 3.63) is 63.7 Å². The van der Waals surface area contributed by atoms with Crippen molar-refractivity contribution >= 4 is 21.6 Å². The quantitative estimate of drug-likeness (QED) is 0.798. The Kier molecular flexibility index (Phi) is 6.55. The van der Waals surface area contributed by atoms with Crippen molar-refractivity contribution in [3.8, 4) is 0 Å². The van der Waals surface area contributed by atoms with Gasteiger partial charge in [0.25, 0.3) is 0 Å². The number of hydrogen-bond acceptors (Lipinski definition) is 3. The fourth-order valence-electron chi connectivity index (χ4n) is 3.23. The lowest BCUT2D eigenvalue weighted by Gasteiger charge is -2.24. The number of nitrogens with one attached hydrogen (secondary N) is 1. The molecule has 2 aromatic carbocycles. The van der Waals surface area contributed by atoms with Crippen molar-refractivity contribution < 1.29 is 13.2 Å². The number of nitrogens with zero attached hydrogens (tertiary/aromatic N) is 1. The molecule has 0 aliphatic rings. The van der Waals surface area contributed by atoms with Gasteiger partial charge >= 0.3 is 0 Å². The van der Waals surface area contributed by atoms with Gasteiger partial charge in [0.15, 0.2) is 0 Å². The topological polar surface area (TPSA) is 66.5 Å². The molecule has 0 unspecified atom stereocenters. The average Bonchev–Trinajstić information content (AvgIpc) is 2.57. The second-order valence-electron chi connectivity index (χ2n) is 7.62. The van der Waals surface area contributed by atoms with Gasteiger partial charge in [-0.15, -0.1) is 0 Å². The maximum atomic E-state index is 12.7. The van der Waals surface area contributed by atoms with Crippen molar-refractivity contribution in [1.82, 2.24) is 5.32 Å². The minimum absolute atomic E-state index is 0.215. The molecule has 1 atom stereocenters. The largest absolute Gasteiger partial charge is 0.348 e. The summed E-state index contributed by atoms with van der Waals surface area (Å²) in [6.45, 7) is 11.7. The first kappa shape index (κ1) is 22.0. The van der Waals surface area contributed by atoms with Crippen molar-refractivity contribution in [1.29, 1.82) is 0 Å². The summed E-state index contributed by atoms with van der Waals surface area (Å²) >= 11 is 0. The van der Waals surface area contributed by atoms with Gasteiger partial charge in [0.1, 0.15) is 6.54 Å². The van der Waals surface area contributed by atoms with E-state index in [-0.39, 0.29) is 18.5 Å². The zero-order valence-corrected chi connectivity index (χ0v) is 18.6. The molecule has 0 spiro atoms. The highest BCUT2D eigenvalue weighted by atomic mass is 32.2. The van der Waals surface area contributed by atoms with Crippen LogP contribution in [0.3, 0.4) is 0 Å². The number of anilines is 1. The van der Waals surface area contributed by atoms with E-state index < -0.39 is 10.0 Å². The molecule has 0 aliphatic carbocycles. The highest BCUT2D eigenvalue weighted by Gasteiger charge is 2.22. The highest BCUT2D eigenvalue weighted by Crippen LogP contribution is 2.23. The third kappa shape index (κ3) is 5.13. The normalized spacial score (nSPS) is 12.5. The number of amides is 1. The molecular weight excluding hydrogens is 372 g/mol. The zero-order chi connectivity index (χ0) is 21.2. The van der Waals surface area contributed by atoms with E-state index in [4.69, 9.17) is 0 Å². The van der Waals surface area contributed by atoms with E-state index in [0.717, 1.165) is 38.4 Å². The molecule has 0 aromatic heterocycles. The van der Waals surface area contributed by atoms with Crippen LogP contribution < -0.4 is 9.62 Å². The van der Waals surface area contributed by atoms with Crippen molar-refractivity contribution in [2.75, 3.05) is 17.1 Å². The summed E-state index contributed by atoms with van der Waals surface area (Å²) in [5.41, 5.74) is 7.05. The molecule has 0 bridgehead atoms. The maximum Gasteiger partial charge on any atom is 0.241 e. The Hall–Kier alpha value is -2.34. The number of carbonyl (C=O) groups excluding carboxylic acids is 1. The zero-order valence-electron chi connectivity index (χ0n) is 17.8. The third-order valence-electron chi connectivity index (χ3n) is 5.19. The molecule has 5 nitrogen and oxygen atoms in total. The van der Waals surface area contributed by atoms with Gasteiger partial charge < -0.3 is 5.32 Å². The number of benzene rings is 2. The minimum Gasteiger partial charge on any atom is -0.348 e. The van der Waals surface area contributed by atoms with Crippen LogP contribution in [0.15, 0.2) is 30.3 Å². The predicted molar refractivity (Wildman–Crippen MR) is 115 cm³/mol. The van der Waals surface area contributed by atoms with E-state index in [2.05, 4.69) is 24.4 Å². The summed E-state index contributed by atoms with van der Waals surface area (Å²) in [6, 6.07) is 9.35. The van der Waals surface area contributed by atoms with Gasteiger partial charge in [-0.05, 0) is 87.1 Å². The molecule has 1 amide bonds. The fraction of sp³-hybridized carbons (Fsp3) is 0.409. The van der Waals surface area contributed by atoms with Crippen LogP contribution in [0.2, 0.25) is 0 Å². The first-order valence-corrected chi connectivity index (χ1v) is 11.2. The second-order valence-corrected chi connectivity index (χ2v) is 9.53. The smallest absolute Gasteiger partial charge is 0.241 e. The van der Waals surface area contributed by atoms with Crippen LogP contribution in [0.4, 0.5) is 5.69 Å². The standard InChI is InChI=1S/C22H30N2O3S/c1-14-8-9-20(11-16(14)3)24(28(7,26)27)13-22(25)23-19(6)21-12-17(4)15(2)10-18(21)5/h8-12,19H,13H2,1-7H3,(H,23,25)/t19-/m0/s1. The number of aryl methyl sites for hydroxylation is 5. The number of hydrogen-bond donors (Lipinski definition) is 1. The molecule has 0 saturated heterocycles. The Morgan fingerprint density at radius 3 is 2.07 bits per heavy atom. The lowest BCUT2D eigenvalue weighted by Crippen LogP contribution is -2.41. The Morgan fingerprint density at radius 1 is 0.929 bits per heavy atom. The van der Waals surface area contributed by atoms with Crippen molar-refractivity contribution in [2.45, 2.75) is 47.6 Å². The first-order chi connectivity index (χ1) is 12.9. The van der Waals surface area contributed by atoms with E-state index in [1.807, 2.05) is 40.7 Å². The molecule has 0 aliphatic heterocycles. The second kappa shape index (κ2) is 8.35.